The predicted molar refractivity (Wildman–Crippen MR) is 136 cm³/mol. The fourth-order valence-corrected chi connectivity index (χ4v) is 4.16. The van der Waals surface area contributed by atoms with Crippen molar-refractivity contribution in [3.8, 4) is 5.75 Å². The molecule has 2 atom stereocenters. The summed E-state index contributed by atoms with van der Waals surface area (Å²) in [6.45, 7) is 10.8. The SMILES string of the molecule is CC(C)SC(C)C(=O)OC(OC=O)C(C)C.COc1ccc2c(c1)c(CCN(C)C)cn2C. The first kappa shape index (κ1) is 28.8. The first-order chi connectivity index (χ1) is 15.5. The summed E-state index contributed by atoms with van der Waals surface area (Å²) in [5.41, 5.74) is 2.65. The summed E-state index contributed by atoms with van der Waals surface area (Å²) in [6.07, 6.45) is 2.49. The van der Waals surface area contributed by atoms with E-state index in [9.17, 15) is 9.59 Å². The summed E-state index contributed by atoms with van der Waals surface area (Å²) in [4.78, 5) is 24.1. The van der Waals surface area contributed by atoms with Crippen molar-refractivity contribution in [3.05, 3.63) is 30.0 Å². The van der Waals surface area contributed by atoms with Crippen molar-refractivity contribution < 1.29 is 23.8 Å². The molecule has 0 aliphatic rings. The first-order valence-electron chi connectivity index (χ1n) is 11.2. The van der Waals surface area contributed by atoms with Crippen molar-refractivity contribution in [2.24, 2.45) is 13.0 Å². The molecule has 0 saturated carbocycles. The minimum absolute atomic E-state index is 0.0506. The lowest BCUT2D eigenvalue weighted by atomic mass is 10.1. The van der Waals surface area contributed by atoms with Gasteiger partial charge in [-0.15, -0.1) is 11.8 Å². The summed E-state index contributed by atoms with van der Waals surface area (Å²) in [7, 11) is 8.01. The Kier molecular flexibility index (Phi) is 12.4. The Labute approximate surface area is 202 Å². The molecule has 1 aromatic heterocycles. The molecule has 1 heterocycles. The van der Waals surface area contributed by atoms with Gasteiger partial charge in [0.2, 0.25) is 6.29 Å². The molecule has 0 amide bonds. The fraction of sp³-hybridized carbons (Fsp3) is 0.600. The summed E-state index contributed by atoms with van der Waals surface area (Å²) in [5, 5.41) is 1.40. The van der Waals surface area contributed by atoms with Gasteiger partial charge in [-0.3, -0.25) is 9.59 Å². The predicted octanol–water partition coefficient (Wildman–Crippen LogP) is 4.51. The highest BCUT2D eigenvalue weighted by Crippen LogP contribution is 2.25. The molecule has 0 fully saturated rings. The number of aromatic nitrogens is 1. The van der Waals surface area contributed by atoms with Gasteiger partial charge in [-0.1, -0.05) is 27.7 Å². The van der Waals surface area contributed by atoms with Crippen LogP contribution in [0, 0.1) is 5.92 Å². The Hall–Kier alpha value is -2.19. The van der Waals surface area contributed by atoms with Crippen molar-refractivity contribution in [2.45, 2.75) is 57.8 Å². The van der Waals surface area contributed by atoms with E-state index in [0.717, 1.165) is 18.7 Å². The summed E-state index contributed by atoms with van der Waals surface area (Å²) >= 11 is 1.52. The Morgan fingerprint density at radius 1 is 1.18 bits per heavy atom. The van der Waals surface area contributed by atoms with Gasteiger partial charge in [-0.05, 0) is 56.5 Å². The van der Waals surface area contributed by atoms with Gasteiger partial charge in [-0.25, -0.2) is 0 Å². The number of nitrogens with zero attached hydrogens (tertiary/aromatic N) is 2. The number of hydrogen-bond donors (Lipinski definition) is 0. The lowest BCUT2D eigenvalue weighted by Gasteiger charge is -2.21. The van der Waals surface area contributed by atoms with Crippen LogP contribution in [0.2, 0.25) is 0 Å². The molecule has 0 N–H and O–H groups in total. The smallest absolute Gasteiger partial charge is 0.321 e. The maximum atomic E-state index is 11.6. The average molecular weight is 481 g/mol. The van der Waals surface area contributed by atoms with E-state index < -0.39 is 6.29 Å². The molecule has 7 nitrogen and oxygen atoms in total. The number of ether oxygens (including phenoxy) is 3. The molecular weight excluding hydrogens is 440 g/mol. The second-order valence-electron chi connectivity index (χ2n) is 8.81. The van der Waals surface area contributed by atoms with Crippen molar-refractivity contribution in [1.29, 1.82) is 0 Å². The molecule has 186 valence electrons. The quantitative estimate of drug-likeness (QED) is 0.266. The number of aryl methyl sites for hydroxylation is 1. The normalized spacial score (nSPS) is 13.0. The summed E-state index contributed by atoms with van der Waals surface area (Å²) in [6, 6.07) is 6.26. The van der Waals surface area contributed by atoms with Crippen LogP contribution in [0.4, 0.5) is 0 Å². The third-order valence-corrected chi connectivity index (χ3v) is 6.03. The number of methoxy groups -OCH3 is 1. The van der Waals surface area contributed by atoms with Crippen LogP contribution >= 0.6 is 11.8 Å². The molecule has 0 saturated heterocycles. The van der Waals surface area contributed by atoms with Crippen molar-refractivity contribution in [1.82, 2.24) is 9.47 Å². The van der Waals surface area contributed by atoms with Crippen molar-refractivity contribution >= 4 is 35.1 Å². The van der Waals surface area contributed by atoms with E-state index in [1.807, 2.05) is 33.8 Å². The highest BCUT2D eigenvalue weighted by molar-refractivity contribution is 8.01. The van der Waals surface area contributed by atoms with Crippen LogP contribution in [0.25, 0.3) is 10.9 Å². The van der Waals surface area contributed by atoms with Gasteiger partial charge in [0.1, 0.15) is 5.75 Å². The molecule has 33 heavy (non-hydrogen) atoms. The average Bonchev–Trinajstić information content (AvgIpc) is 3.06. The zero-order valence-corrected chi connectivity index (χ0v) is 22.3. The molecule has 2 rings (SSSR count). The number of hydrogen-bond acceptors (Lipinski definition) is 7. The number of carbonyl (C=O) groups is 2. The van der Waals surface area contributed by atoms with Crippen LogP contribution in [0.1, 0.15) is 40.2 Å². The summed E-state index contributed by atoms with van der Waals surface area (Å²) < 4.78 is 17.3. The van der Waals surface area contributed by atoms with Gasteiger partial charge in [-0.2, -0.15) is 0 Å². The van der Waals surface area contributed by atoms with E-state index >= 15 is 0 Å². The van der Waals surface area contributed by atoms with Gasteiger partial charge in [0.25, 0.3) is 6.47 Å². The molecule has 2 aromatic rings. The van der Waals surface area contributed by atoms with Crippen LogP contribution in [0.3, 0.4) is 0 Å². The van der Waals surface area contributed by atoms with Gasteiger partial charge in [0.05, 0.1) is 12.4 Å². The van der Waals surface area contributed by atoms with E-state index in [1.54, 1.807) is 14.0 Å². The van der Waals surface area contributed by atoms with Gasteiger partial charge in [0, 0.05) is 36.6 Å². The molecule has 1 aromatic carbocycles. The van der Waals surface area contributed by atoms with Crippen LogP contribution in [0.15, 0.2) is 24.4 Å². The number of thioether (sulfide) groups is 1. The lowest BCUT2D eigenvalue weighted by molar-refractivity contribution is -0.186. The zero-order valence-electron chi connectivity index (χ0n) is 21.5. The highest BCUT2D eigenvalue weighted by Gasteiger charge is 2.24. The second-order valence-corrected chi connectivity index (χ2v) is 10.7. The third-order valence-electron chi connectivity index (χ3n) is 4.88. The molecule has 2 unspecified atom stereocenters. The Bertz CT molecular complexity index is 879. The first-order valence-corrected chi connectivity index (χ1v) is 12.2. The topological polar surface area (TPSA) is 70.0 Å². The van der Waals surface area contributed by atoms with E-state index in [0.29, 0.717) is 11.7 Å². The highest BCUT2D eigenvalue weighted by atomic mass is 32.2. The number of fused-ring (bicyclic) bond motifs is 1. The molecule has 0 aliphatic carbocycles. The van der Waals surface area contributed by atoms with Crippen molar-refractivity contribution in [2.75, 3.05) is 27.7 Å². The number of benzene rings is 1. The van der Waals surface area contributed by atoms with E-state index in [4.69, 9.17) is 14.2 Å². The van der Waals surface area contributed by atoms with Crippen molar-refractivity contribution in [3.63, 3.8) is 0 Å². The van der Waals surface area contributed by atoms with Gasteiger partial charge < -0.3 is 23.7 Å². The minimum atomic E-state index is -0.791. The summed E-state index contributed by atoms with van der Waals surface area (Å²) in [5.74, 6) is 0.527. The number of carbonyl (C=O) groups excluding carboxylic acids is 2. The van der Waals surface area contributed by atoms with Gasteiger partial charge >= 0.3 is 5.97 Å². The maximum absolute atomic E-state index is 11.6. The maximum Gasteiger partial charge on any atom is 0.321 e. The second kappa shape index (κ2) is 14.2. The lowest BCUT2D eigenvalue weighted by Crippen LogP contribution is -2.30. The molecule has 8 heteroatoms. The number of rotatable bonds is 11. The molecule has 0 bridgehead atoms. The standard InChI is InChI=1S/C14H20N2O.C11H20O4S/c1-15(2)8-7-11-10-16(3)14-6-5-12(17-4)9-13(11)14;1-7(2)11(14-6-12)15-10(13)9(5)16-8(3)4/h5-6,9-10H,7-8H2,1-4H3;6-9,11H,1-5H3. The van der Waals surface area contributed by atoms with Crippen LogP contribution < -0.4 is 4.74 Å². The van der Waals surface area contributed by atoms with E-state index in [2.05, 4.69) is 48.9 Å². The fourth-order valence-electron chi connectivity index (χ4n) is 3.17. The van der Waals surface area contributed by atoms with Gasteiger partial charge in [0.15, 0.2) is 0 Å². The Morgan fingerprint density at radius 3 is 2.36 bits per heavy atom. The molecular formula is C25H40N2O5S. The Balaban J connectivity index is 0.000000331. The van der Waals surface area contributed by atoms with Crippen LogP contribution in [0.5, 0.6) is 5.75 Å². The molecule has 0 spiro atoms. The Morgan fingerprint density at radius 2 is 1.85 bits per heavy atom. The van der Waals surface area contributed by atoms with Crippen LogP contribution in [-0.2, 0) is 32.5 Å². The number of likely N-dealkylation sites (N-methyl/N-ethyl adjacent to an activating group) is 1. The third kappa shape index (κ3) is 9.68. The minimum Gasteiger partial charge on any atom is -0.497 e. The monoisotopic (exact) mass is 480 g/mol. The molecule has 0 radical (unpaired) electrons. The zero-order chi connectivity index (χ0) is 25.1. The molecule has 0 aliphatic heterocycles. The van der Waals surface area contributed by atoms with E-state index in [-0.39, 0.29) is 17.1 Å². The van der Waals surface area contributed by atoms with E-state index in [1.165, 1.54) is 28.2 Å². The number of esters is 1. The largest absolute Gasteiger partial charge is 0.497 e. The van der Waals surface area contributed by atoms with Crippen LogP contribution in [-0.4, -0.2) is 66.4 Å².